The third-order valence-electron chi connectivity index (χ3n) is 3.93. The van der Waals surface area contributed by atoms with Gasteiger partial charge in [0.15, 0.2) is 0 Å². The third-order valence-corrected chi connectivity index (χ3v) is 5.33. The number of nitro groups is 1. The van der Waals surface area contributed by atoms with Crippen LogP contribution in [0.1, 0.15) is 24.3 Å². The Kier molecular flexibility index (Phi) is 4.44. The maximum Gasteiger partial charge on any atom is 0.277 e. The van der Waals surface area contributed by atoms with Gasteiger partial charge < -0.3 is 0 Å². The predicted octanol–water partition coefficient (Wildman–Crippen LogP) is 6.21. The van der Waals surface area contributed by atoms with Crippen molar-refractivity contribution in [3.8, 4) is 11.1 Å². The largest absolute Gasteiger partial charge is 0.277 e. The summed E-state index contributed by atoms with van der Waals surface area (Å²) in [6.45, 7) is 4.05. The van der Waals surface area contributed by atoms with Crippen LogP contribution in [-0.4, -0.2) is 4.92 Å². The number of aryl methyl sites for hydroxylation is 1. The SMILES string of the molecule is C/C=C\c1c(CC)sc2c(-c3cc(F)ccc3[N+](=O)[O-])cccc12. The van der Waals surface area contributed by atoms with Gasteiger partial charge >= 0.3 is 0 Å². The average molecular weight is 341 g/mol. The van der Waals surface area contributed by atoms with Gasteiger partial charge in [0.25, 0.3) is 5.69 Å². The minimum Gasteiger partial charge on any atom is -0.258 e. The first-order chi connectivity index (χ1) is 11.6. The van der Waals surface area contributed by atoms with Gasteiger partial charge in [-0.15, -0.1) is 11.3 Å². The predicted molar refractivity (Wildman–Crippen MR) is 98.0 cm³/mol. The van der Waals surface area contributed by atoms with Crippen LogP contribution in [0.4, 0.5) is 10.1 Å². The molecular weight excluding hydrogens is 325 g/mol. The number of halogens is 1. The van der Waals surface area contributed by atoms with E-state index in [0.29, 0.717) is 11.1 Å². The molecule has 5 heteroatoms. The Balaban J connectivity index is 2.36. The van der Waals surface area contributed by atoms with Crippen molar-refractivity contribution in [3.05, 3.63) is 68.8 Å². The molecule has 3 aromatic rings. The maximum atomic E-state index is 13.7. The van der Waals surface area contributed by atoms with Gasteiger partial charge in [-0.2, -0.15) is 0 Å². The smallest absolute Gasteiger partial charge is 0.258 e. The Morgan fingerprint density at radius 2 is 2.04 bits per heavy atom. The zero-order chi connectivity index (χ0) is 17.3. The number of nitro benzene ring substituents is 1. The molecule has 2 aromatic carbocycles. The average Bonchev–Trinajstić information content (AvgIpc) is 2.93. The number of allylic oxidation sites excluding steroid dienone is 1. The summed E-state index contributed by atoms with van der Waals surface area (Å²) >= 11 is 1.62. The van der Waals surface area contributed by atoms with E-state index in [-0.39, 0.29) is 5.69 Å². The second-order valence-electron chi connectivity index (χ2n) is 5.39. The number of hydrogen-bond donors (Lipinski definition) is 0. The number of nitrogens with zero attached hydrogens (tertiary/aromatic N) is 1. The second-order valence-corrected chi connectivity index (χ2v) is 6.50. The Bertz CT molecular complexity index is 959. The molecule has 3 nitrogen and oxygen atoms in total. The zero-order valence-corrected chi connectivity index (χ0v) is 14.2. The van der Waals surface area contributed by atoms with E-state index < -0.39 is 10.7 Å². The monoisotopic (exact) mass is 341 g/mol. The van der Waals surface area contributed by atoms with Gasteiger partial charge in [-0.3, -0.25) is 10.1 Å². The van der Waals surface area contributed by atoms with E-state index >= 15 is 0 Å². The molecule has 1 aromatic heterocycles. The lowest BCUT2D eigenvalue weighted by molar-refractivity contribution is -0.384. The molecule has 0 amide bonds. The van der Waals surface area contributed by atoms with Gasteiger partial charge in [-0.05, 0) is 31.0 Å². The molecule has 122 valence electrons. The summed E-state index contributed by atoms with van der Waals surface area (Å²) < 4.78 is 14.7. The lowest BCUT2D eigenvalue weighted by Gasteiger charge is -2.05. The van der Waals surface area contributed by atoms with E-state index in [1.807, 2.05) is 31.2 Å². The highest BCUT2D eigenvalue weighted by Gasteiger charge is 2.20. The highest BCUT2D eigenvalue weighted by molar-refractivity contribution is 7.20. The molecule has 0 saturated heterocycles. The van der Waals surface area contributed by atoms with Crippen LogP contribution in [-0.2, 0) is 6.42 Å². The van der Waals surface area contributed by atoms with Crippen molar-refractivity contribution in [2.24, 2.45) is 0 Å². The summed E-state index contributed by atoms with van der Waals surface area (Å²) in [4.78, 5) is 12.1. The Hall–Kier alpha value is -2.53. The van der Waals surface area contributed by atoms with Crippen molar-refractivity contribution in [2.45, 2.75) is 20.3 Å². The molecule has 0 aliphatic heterocycles. The van der Waals surface area contributed by atoms with Crippen molar-refractivity contribution in [2.75, 3.05) is 0 Å². The third kappa shape index (κ3) is 2.71. The van der Waals surface area contributed by atoms with Crippen LogP contribution in [0.25, 0.3) is 27.3 Å². The lowest BCUT2D eigenvalue weighted by atomic mass is 10.00. The standard InChI is InChI=1S/C19H16FNO2S/c1-3-6-13-14-7-5-8-15(19(14)24-18(13)4-2)16-11-12(20)9-10-17(16)21(22)23/h3,5-11H,4H2,1-2H3/b6-3-. The van der Waals surface area contributed by atoms with Crippen LogP contribution in [0.5, 0.6) is 0 Å². The molecule has 0 atom stereocenters. The van der Waals surface area contributed by atoms with Crippen LogP contribution in [0, 0.1) is 15.9 Å². The first kappa shape index (κ1) is 16.3. The Morgan fingerprint density at radius 1 is 1.25 bits per heavy atom. The van der Waals surface area contributed by atoms with Crippen LogP contribution >= 0.6 is 11.3 Å². The molecule has 0 radical (unpaired) electrons. The molecule has 0 saturated carbocycles. The fraction of sp³-hybridized carbons (Fsp3) is 0.158. The fourth-order valence-electron chi connectivity index (χ4n) is 2.89. The lowest BCUT2D eigenvalue weighted by Crippen LogP contribution is -1.93. The van der Waals surface area contributed by atoms with Crippen molar-refractivity contribution < 1.29 is 9.31 Å². The van der Waals surface area contributed by atoms with Gasteiger partial charge in [0, 0.05) is 26.6 Å². The van der Waals surface area contributed by atoms with Crippen molar-refractivity contribution >= 4 is 33.2 Å². The minimum absolute atomic E-state index is 0.0806. The normalized spacial score (nSPS) is 11.5. The Morgan fingerprint density at radius 3 is 2.71 bits per heavy atom. The topological polar surface area (TPSA) is 43.1 Å². The van der Waals surface area contributed by atoms with E-state index in [4.69, 9.17) is 0 Å². The van der Waals surface area contributed by atoms with E-state index in [9.17, 15) is 14.5 Å². The molecule has 0 N–H and O–H groups in total. The van der Waals surface area contributed by atoms with Gasteiger partial charge in [-0.25, -0.2) is 4.39 Å². The van der Waals surface area contributed by atoms with E-state index in [0.717, 1.165) is 28.1 Å². The van der Waals surface area contributed by atoms with Crippen molar-refractivity contribution in [1.82, 2.24) is 0 Å². The number of rotatable bonds is 4. The number of thiophene rings is 1. The second kappa shape index (κ2) is 6.53. The first-order valence-electron chi connectivity index (χ1n) is 7.68. The molecule has 0 bridgehead atoms. The van der Waals surface area contributed by atoms with Gasteiger partial charge in [-0.1, -0.05) is 37.3 Å². The summed E-state index contributed by atoms with van der Waals surface area (Å²) in [7, 11) is 0. The van der Waals surface area contributed by atoms with Crippen LogP contribution in [0.3, 0.4) is 0 Å². The highest BCUT2D eigenvalue weighted by Crippen LogP contribution is 2.41. The van der Waals surface area contributed by atoms with Gasteiger partial charge in [0.2, 0.25) is 0 Å². The summed E-state index contributed by atoms with van der Waals surface area (Å²) in [5, 5.41) is 12.4. The molecule has 24 heavy (non-hydrogen) atoms. The molecule has 0 spiro atoms. The summed E-state index contributed by atoms with van der Waals surface area (Å²) in [6, 6.07) is 9.29. The molecular formula is C19H16FNO2S. The van der Waals surface area contributed by atoms with Crippen LogP contribution in [0.15, 0.2) is 42.5 Å². The Labute approximate surface area is 143 Å². The summed E-state index contributed by atoms with van der Waals surface area (Å²) in [5.74, 6) is -0.478. The van der Waals surface area contributed by atoms with Crippen LogP contribution < -0.4 is 0 Å². The van der Waals surface area contributed by atoms with Gasteiger partial charge in [0.1, 0.15) is 5.82 Å². The first-order valence-corrected chi connectivity index (χ1v) is 8.49. The molecule has 3 rings (SSSR count). The van der Waals surface area contributed by atoms with Crippen molar-refractivity contribution in [1.29, 1.82) is 0 Å². The van der Waals surface area contributed by atoms with E-state index in [1.165, 1.54) is 17.0 Å². The van der Waals surface area contributed by atoms with Gasteiger partial charge in [0.05, 0.1) is 10.5 Å². The zero-order valence-electron chi connectivity index (χ0n) is 13.4. The molecule has 0 aliphatic rings. The maximum absolute atomic E-state index is 13.7. The number of hydrogen-bond acceptors (Lipinski definition) is 3. The quantitative estimate of drug-likeness (QED) is 0.418. The van der Waals surface area contributed by atoms with E-state index in [2.05, 4.69) is 13.0 Å². The highest BCUT2D eigenvalue weighted by atomic mass is 32.1. The molecule has 1 heterocycles. The summed E-state index contributed by atoms with van der Waals surface area (Å²) in [6.07, 6.45) is 4.92. The number of benzene rings is 2. The van der Waals surface area contributed by atoms with E-state index in [1.54, 1.807) is 11.3 Å². The molecule has 0 fully saturated rings. The fourth-order valence-corrected chi connectivity index (χ4v) is 4.15. The van der Waals surface area contributed by atoms with Crippen LogP contribution in [0.2, 0.25) is 0 Å². The van der Waals surface area contributed by atoms with Crippen molar-refractivity contribution in [3.63, 3.8) is 0 Å². The molecule has 0 unspecified atom stereocenters. The number of fused-ring (bicyclic) bond motifs is 1. The minimum atomic E-state index is -0.478. The summed E-state index contributed by atoms with van der Waals surface area (Å²) in [5.41, 5.74) is 2.08. The molecule has 0 aliphatic carbocycles.